The largest absolute Gasteiger partial charge is 0.416 e. The molecule has 1 aromatic heterocycles. The quantitative estimate of drug-likeness (QED) is 0.877. The summed E-state index contributed by atoms with van der Waals surface area (Å²) in [6.07, 6.45) is -2.85. The van der Waals surface area contributed by atoms with Crippen molar-refractivity contribution in [1.29, 1.82) is 0 Å². The first-order valence-corrected chi connectivity index (χ1v) is 4.93. The maximum absolute atomic E-state index is 12.5. The molecule has 0 aliphatic rings. The monoisotopic (exact) mass is 241 g/mol. The average Bonchev–Trinajstić information content (AvgIpc) is 2.76. The molecule has 17 heavy (non-hydrogen) atoms. The van der Waals surface area contributed by atoms with Gasteiger partial charge in [-0.25, -0.2) is 4.68 Å². The summed E-state index contributed by atoms with van der Waals surface area (Å²) < 4.78 is 39.0. The van der Waals surface area contributed by atoms with E-state index in [1.165, 1.54) is 16.9 Å². The van der Waals surface area contributed by atoms with Gasteiger partial charge in [0.05, 0.1) is 16.9 Å². The Morgan fingerprint density at radius 1 is 1.24 bits per heavy atom. The van der Waals surface area contributed by atoms with E-state index in [0.717, 1.165) is 12.1 Å². The first-order valence-electron chi connectivity index (χ1n) is 4.93. The fraction of sp³-hybridized carbons (Fsp3) is 0.182. The molecule has 1 heterocycles. The van der Waals surface area contributed by atoms with Gasteiger partial charge in [-0.2, -0.15) is 18.3 Å². The first kappa shape index (κ1) is 11.7. The van der Waals surface area contributed by atoms with Crippen LogP contribution in [0.1, 0.15) is 11.3 Å². The van der Waals surface area contributed by atoms with Crippen molar-refractivity contribution < 1.29 is 13.2 Å². The number of alkyl halides is 3. The molecule has 0 radical (unpaired) electrons. The smallest absolute Gasteiger partial charge is 0.325 e. The second kappa shape index (κ2) is 4.21. The number of aromatic nitrogens is 2. The lowest BCUT2D eigenvalue weighted by molar-refractivity contribution is -0.137. The maximum Gasteiger partial charge on any atom is 0.416 e. The molecule has 0 amide bonds. The van der Waals surface area contributed by atoms with Crippen molar-refractivity contribution in [1.82, 2.24) is 9.78 Å². The third-order valence-corrected chi connectivity index (χ3v) is 2.35. The molecule has 0 aliphatic carbocycles. The van der Waals surface area contributed by atoms with Crippen molar-refractivity contribution in [3.8, 4) is 5.69 Å². The standard InChI is InChI=1S/C11H10F3N3/c12-11(13,14)8-2-1-3-9(6-8)17-10(7-15)4-5-16-17/h1-6H,7,15H2. The molecule has 0 saturated carbocycles. The minimum absolute atomic E-state index is 0.218. The Morgan fingerprint density at radius 3 is 2.65 bits per heavy atom. The lowest BCUT2D eigenvalue weighted by atomic mass is 10.2. The minimum atomic E-state index is -4.36. The van der Waals surface area contributed by atoms with Gasteiger partial charge in [0, 0.05) is 12.7 Å². The number of nitrogens with two attached hydrogens (primary N) is 1. The van der Waals surface area contributed by atoms with E-state index in [2.05, 4.69) is 5.10 Å². The van der Waals surface area contributed by atoms with E-state index < -0.39 is 11.7 Å². The van der Waals surface area contributed by atoms with Crippen molar-refractivity contribution in [3.63, 3.8) is 0 Å². The van der Waals surface area contributed by atoms with E-state index in [9.17, 15) is 13.2 Å². The van der Waals surface area contributed by atoms with Crippen LogP contribution in [-0.4, -0.2) is 9.78 Å². The predicted octanol–water partition coefficient (Wildman–Crippen LogP) is 2.35. The van der Waals surface area contributed by atoms with E-state index in [0.29, 0.717) is 11.4 Å². The van der Waals surface area contributed by atoms with Crippen LogP contribution in [0.4, 0.5) is 13.2 Å². The Bertz CT molecular complexity index is 517. The number of halogens is 3. The molecule has 2 rings (SSSR count). The summed E-state index contributed by atoms with van der Waals surface area (Å²) in [5.41, 5.74) is 5.78. The Hall–Kier alpha value is -1.82. The molecular weight excluding hydrogens is 231 g/mol. The third-order valence-electron chi connectivity index (χ3n) is 2.35. The van der Waals surface area contributed by atoms with Gasteiger partial charge in [0.15, 0.2) is 0 Å². The summed E-state index contributed by atoms with van der Waals surface area (Å²) in [4.78, 5) is 0. The van der Waals surface area contributed by atoms with E-state index in [-0.39, 0.29) is 6.54 Å². The summed E-state index contributed by atoms with van der Waals surface area (Å²) in [6, 6.07) is 6.64. The molecule has 0 aliphatic heterocycles. The Labute approximate surface area is 95.7 Å². The van der Waals surface area contributed by atoms with E-state index in [1.54, 1.807) is 12.1 Å². The molecule has 0 bridgehead atoms. The zero-order valence-electron chi connectivity index (χ0n) is 8.78. The number of hydrogen-bond donors (Lipinski definition) is 1. The van der Waals surface area contributed by atoms with E-state index in [4.69, 9.17) is 5.73 Å². The Balaban J connectivity index is 2.47. The van der Waals surface area contributed by atoms with Crippen LogP contribution < -0.4 is 5.73 Å². The van der Waals surface area contributed by atoms with Crippen molar-refractivity contribution in [2.24, 2.45) is 5.73 Å². The highest BCUT2D eigenvalue weighted by atomic mass is 19.4. The van der Waals surface area contributed by atoms with Crippen molar-refractivity contribution in [3.05, 3.63) is 47.8 Å². The lowest BCUT2D eigenvalue weighted by Gasteiger charge is -2.10. The SMILES string of the molecule is NCc1ccnn1-c1cccc(C(F)(F)F)c1. The fourth-order valence-electron chi connectivity index (χ4n) is 1.53. The third kappa shape index (κ3) is 2.31. The summed E-state index contributed by atoms with van der Waals surface area (Å²) in [5.74, 6) is 0. The number of benzene rings is 1. The van der Waals surface area contributed by atoms with Crippen LogP contribution in [0.3, 0.4) is 0 Å². The summed E-state index contributed by atoms with van der Waals surface area (Å²) in [5, 5.41) is 3.95. The molecule has 0 fully saturated rings. The van der Waals surface area contributed by atoms with Crippen LogP contribution in [0.2, 0.25) is 0 Å². The Kier molecular flexibility index (Phi) is 2.89. The van der Waals surface area contributed by atoms with Crippen LogP contribution in [-0.2, 0) is 12.7 Å². The normalized spacial score (nSPS) is 11.8. The van der Waals surface area contributed by atoms with Gasteiger partial charge in [0.1, 0.15) is 0 Å². The van der Waals surface area contributed by atoms with Gasteiger partial charge >= 0.3 is 6.18 Å². The highest BCUT2D eigenvalue weighted by molar-refractivity contribution is 5.37. The second-order valence-corrected chi connectivity index (χ2v) is 3.49. The molecule has 2 N–H and O–H groups in total. The number of hydrogen-bond acceptors (Lipinski definition) is 2. The molecule has 0 saturated heterocycles. The van der Waals surface area contributed by atoms with Crippen LogP contribution in [0, 0.1) is 0 Å². The molecule has 0 unspecified atom stereocenters. The van der Waals surface area contributed by atoms with Gasteiger partial charge in [0.25, 0.3) is 0 Å². The summed E-state index contributed by atoms with van der Waals surface area (Å²) in [6.45, 7) is 0.218. The zero-order valence-corrected chi connectivity index (χ0v) is 8.78. The number of nitrogens with zero attached hydrogens (tertiary/aromatic N) is 2. The summed E-state index contributed by atoms with van der Waals surface area (Å²) >= 11 is 0. The van der Waals surface area contributed by atoms with Gasteiger partial charge < -0.3 is 5.73 Å². The van der Waals surface area contributed by atoms with E-state index >= 15 is 0 Å². The molecule has 0 spiro atoms. The maximum atomic E-state index is 12.5. The van der Waals surface area contributed by atoms with Crippen LogP contribution >= 0.6 is 0 Å². The highest BCUT2D eigenvalue weighted by Crippen LogP contribution is 2.30. The molecule has 6 heteroatoms. The molecular formula is C11H10F3N3. The molecule has 2 aromatic rings. The van der Waals surface area contributed by atoms with E-state index in [1.807, 2.05) is 0 Å². The van der Waals surface area contributed by atoms with Gasteiger partial charge in [-0.15, -0.1) is 0 Å². The highest BCUT2D eigenvalue weighted by Gasteiger charge is 2.30. The Morgan fingerprint density at radius 2 is 2.00 bits per heavy atom. The molecule has 90 valence electrons. The van der Waals surface area contributed by atoms with Crippen molar-refractivity contribution in [2.75, 3.05) is 0 Å². The summed E-state index contributed by atoms with van der Waals surface area (Å²) in [7, 11) is 0. The fourth-order valence-corrected chi connectivity index (χ4v) is 1.53. The van der Waals surface area contributed by atoms with Gasteiger partial charge in [0.2, 0.25) is 0 Å². The first-order chi connectivity index (χ1) is 8.02. The second-order valence-electron chi connectivity index (χ2n) is 3.49. The van der Waals surface area contributed by atoms with Gasteiger partial charge in [-0.3, -0.25) is 0 Å². The molecule has 0 atom stereocenters. The van der Waals surface area contributed by atoms with Crippen LogP contribution in [0.25, 0.3) is 5.69 Å². The predicted molar refractivity (Wildman–Crippen MR) is 56.5 cm³/mol. The lowest BCUT2D eigenvalue weighted by Crippen LogP contribution is -2.09. The van der Waals surface area contributed by atoms with Crippen molar-refractivity contribution >= 4 is 0 Å². The molecule has 1 aromatic carbocycles. The number of rotatable bonds is 2. The average molecular weight is 241 g/mol. The van der Waals surface area contributed by atoms with Crippen LogP contribution in [0.15, 0.2) is 36.5 Å². The zero-order chi connectivity index (χ0) is 12.5. The van der Waals surface area contributed by atoms with Crippen LogP contribution in [0.5, 0.6) is 0 Å². The van der Waals surface area contributed by atoms with Gasteiger partial charge in [-0.05, 0) is 24.3 Å². The molecule has 3 nitrogen and oxygen atoms in total. The van der Waals surface area contributed by atoms with Crippen molar-refractivity contribution in [2.45, 2.75) is 12.7 Å². The topological polar surface area (TPSA) is 43.8 Å². The minimum Gasteiger partial charge on any atom is -0.325 e. The van der Waals surface area contributed by atoms with Gasteiger partial charge in [-0.1, -0.05) is 6.07 Å².